The number of anilines is 4. The van der Waals surface area contributed by atoms with Crippen molar-refractivity contribution in [3.05, 3.63) is 57.0 Å². The fourth-order valence-electron chi connectivity index (χ4n) is 4.78. The van der Waals surface area contributed by atoms with Crippen LogP contribution in [-0.4, -0.2) is 93.5 Å². The maximum Gasteiger partial charge on any atom is 0.274 e. The van der Waals surface area contributed by atoms with Crippen molar-refractivity contribution in [3.8, 4) is 0 Å². The average molecular weight is 941 g/mol. The van der Waals surface area contributed by atoms with Gasteiger partial charge < -0.3 is 54.4 Å². The van der Waals surface area contributed by atoms with Gasteiger partial charge in [-0.1, -0.05) is 31.9 Å². The Labute approximate surface area is 348 Å². The highest BCUT2D eigenvalue weighted by Crippen LogP contribution is 2.39. The molecule has 0 aliphatic rings. The molecular weight excluding hydrogens is 896 g/mol. The van der Waals surface area contributed by atoms with Crippen LogP contribution in [0, 0.1) is 0 Å². The summed E-state index contributed by atoms with van der Waals surface area (Å²) in [6.45, 7) is 0.468. The van der Waals surface area contributed by atoms with Crippen molar-refractivity contribution in [2.75, 3.05) is 59.1 Å². The summed E-state index contributed by atoms with van der Waals surface area (Å²) >= 11 is 9.31. The Morgan fingerprint density at radius 1 is 0.607 bits per heavy atom. The number of halogens is 2. The highest BCUT2D eigenvalue weighted by Gasteiger charge is 2.21. The fraction of sp³-hybridized carbons (Fsp3) is 0.353. The van der Waals surface area contributed by atoms with Crippen LogP contribution in [0.3, 0.4) is 0 Å². The number of unbranched alkanes of at least 4 members (excludes halogenated alkanes) is 2. The van der Waals surface area contributed by atoms with Crippen LogP contribution in [0.15, 0.2) is 65.4 Å². The van der Waals surface area contributed by atoms with Gasteiger partial charge >= 0.3 is 0 Å². The molecule has 1 aromatic heterocycles. The Bertz CT molecular complexity index is 1780. The van der Waals surface area contributed by atoms with Gasteiger partial charge in [-0.05, 0) is 49.9 Å². The quantitative estimate of drug-likeness (QED) is 0.0299. The van der Waals surface area contributed by atoms with E-state index in [1.165, 1.54) is 29.6 Å². The Balaban J connectivity index is 1.80. The Morgan fingerprint density at radius 2 is 0.982 bits per heavy atom. The Morgan fingerprint density at radius 3 is 1.34 bits per heavy atom. The lowest BCUT2D eigenvalue weighted by molar-refractivity contribution is -0.117. The number of benzene rings is 2. The van der Waals surface area contributed by atoms with E-state index in [2.05, 4.69) is 73.1 Å². The zero-order valence-corrected chi connectivity index (χ0v) is 35.0. The van der Waals surface area contributed by atoms with Crippen LogP contribution in [0.2, 0.25) is 0 Å². The van der Waals surface area contributed by atoms with E-state index >= 15 is 0 Å². The van der Waals surface area contributed by atoms with Crippen LogP contribution in [0.4, 0.5) is 22.7 Å². The summed E-state index contributed by atoms with van der Waals surface area (Å²) in [6.07, 6.45) is 3.75. The first-order valence-electron chi connectivity index (χ1n) is 17.1. The number of carbonyl (C=O) groups is 4. The third kappa shape index (κ3) is 15.9. The summed E-state index contributed by atoms with van der Waals surface area (Å²) < 4.78 is 1.10. The van der Waals surface area contributed by atoms with Crippen molar-refractivity contribution in [1.29, 1.82) is 0 Å². The molecule has 18 nitrogen and oxygen atoms in total. The van der Waals surface area contributed by atoms with Gasteiger partial charge in [0.15, 0.2) is 11.9 Å². The number of aromatic nitrogens is 2. The Hall–Kier alpha value is -4.48. The van der Waals surface area contributed by atoms with Gasteiger partial charge in [-0.2, -0.15) is 0 Å². The van der Waals surface area contributed by atoms with E-state index in [-0.39, 0.29) is 72.7 Å². The molecule has 14 N–H and O–H groups in total. The van der Waals surface area contributed by atoms with Gasteiger partial charge in [0, 0.05) is 52.4 Å². The van der Waals surface area contributed by atoms with Crippen LogP contribution in [-0.2, 0) is 9.59 Å². The van der Waals surface area contributed by atoms with Crippen molar-refractivity contribution in [3.63, 3.8) is 0 Å². The number of carbonyl (C=O) groups excluding carboxylic acids is 4. The van der Waals surface area contributed by atoms with Crippen molar-refractivity contribution >= 4 is 114 Å². The molecule has 0 aliphatic carbocycles. The van der Waals surface area contributed by atoms with Crippen LogP contribution in [0.1, 0.15) is 59.5 Å². The van der Waals surface area contributed by atoms with E-state index in [4.69, 9.17) is 22.9 Å². The molecule has 0 spiro atoms. The second-order valence-electron chi connectivity index (χ2n) is 11.6. The molecule has 22 heteroatoms. The second kappa shape index (κ2) is 24.2. The van der Waals surface area contributed by atoms with Crippen molar-refractivity contribution in [1.82, 2.24) is 9.97 Å². The van der Waals surface area contributed by atoms with Gasteiger partial charge in [0.1, 0.15) is 17.7 Å². The standard InChI is InChI=1S/C34H44Br2N12O6S2/c35-19-13-21(45-27(51)5-1-3-7-41-33(37)38)29(55-11-9-49)23(15-19)47-31(53)25-17-26(44-18-43-25)32(54)48-24-16-20(36)14-22(30(24)56-12-10-50)46-28(52)6-2-4-8-42-34(39)40/h13-18,49-50H,1-12H2,(H,45,51)(H,46,52)(H,47,53)(H,48,54)(H4,37,38,41)(H4,39,40,42). The van der Waals surface area contributed by atoms with E-state index < -0.39 is 11.8 Å². The van der Waals surface area contributed by atoms with Crippen LogP contribution < -0.4 is 44.2 Å². The van der Waals surface area contributed by atoms with Gasteiger partial charge in [0.05, 0.1) is 45.8 Å². The molecule has 3 aromatic rings. The number of aliphatic imine (C=N–C) groups is 2. The number of amides is 4. The van der Waals surface area contributed by atoms with E-state index in [0.717, 1.165) is 6.33 Å². The maximum absolute atomic E-state index is 13.6. The van der Waals surface area contributed by atoms with Gasteiger partial charge in [-0.25, -0.2) is 9.97 Å². The fourth-order valence-corrected chi connectivity index (χ4v) is 7.35. The van der Waals surface area contributed by atoms with Crippen LogP contribution in [0.5, 0.6) is 0 Å². The number of nitrogens with two attached hydrogens (primary N) is 4. The molecule has 0 radical (unpaired) electrons. The highest BCUT2D eigenvalue weighted by atomic mass is 79.9. The summed E-state index contributed by atoms with van der Waals surface area (Å²) in [4.78, 5) is 69.7. The van der Waals surface area contributed by atoms with E-state index in [9.17, 15) is 29.4 Å². The summed E-state index contributed by atoms with van der Waals surface area (Å²) in [5.41, 5.74) is 22.6. The van der Waals surface area contributed by atoms with E-state index in [0.29, 0.717) is 80.3 Å². The van der Waals surface area contributed by atoms with E-state index in [1.807, 2.05) is 0 Å². The summed E-state index contributed by atoms with van der Waals surface area (Å²) in [6, 6.07) is 7.86. The molecule has 0 atom stereocenters. The zero-order valence-electron chi connectivity index (χ0n) is 30.1. The Kier molecular flexibility index (Phi) is 19.9. The highest BCUT2D eigenvalue weighted by molar-refractivity contribution is 9.10. The molecule has 2 aromatic carbocycles. The number of nitrogens with one attached hydrogen (secondary N) is 4. The predicted octanol–water partition coefficient (Wildman–Crippen LogP) is 3.44. The van der Waals surface area contributed by atoms with Crippen LogP contribution >= 0.6 is 55.4 Å². The molecule has 56 heavy (non-hydrogen) atoms. The molecule has 4 amide bonds. The monoisotopic (exact) mass is 938 g/mol. The number of guanidine groups is 2. The normalized spacial score (nSPS) is 10.6. The maximum atomic E-state index is 13.6. The first-order valence-corrected chi connectivity index (χ1v) is 20.7. The predicted molar refractivity (Wildman–Crippen MR) is 228 cm³/mol. The van der Waals surface area contributed by atoms with Crippen LogP contribution in [0.25, 0.3) is 0 Å². The number of nitrogens with zero attached hydrogens (tertiary/aromatic N) is 4. The molecular formula is C34H44Br2N12O6S2. The van der Waals surface area contributed by atoms with Gasteiger partial charge in [-0.3, -0.25) is 29.2 Å². The minimum atomic E-state index is -0.674. The zero-order chi connectivity index (χ0) is 41.0. The molecule has 0 fully saturated rings. The molecule has 0 saturated heterocycles. The molecule has 0 aliphatic heterocycles. The largest absolute Gasteiger partial charge is 0.396 e. The number of hydrogen-bond acceptors (Lipinski definition) is 12. The number of aliphatic hydroxyl groups is 2. The third-order valence-corrected chi connectivity index (χ3v) is 10.3. The lowest BCUT2D eigenvalue weighted by atomic mass is 10.2. The lowest BCUT2D eigenvalue weighted by Crippen LogP contribution is -2.23. The minimum absolute atomic E-state index is 0.0172. The summed E-state index contributed by atoms with van der Waals surface area (Å²) in [7, 11) is 0. The number of hydrogen-bond donors (Lipinski definition) is 10. The SMILES string of the molecule is NC(N)=NCCCCC(=O)Nc1cc(Br)cc(NC(=O)c2cc(C(=O)Nc3cc(Br)cc(NC(=O)CCCCN=C(N)N)c3SCCO)ncn2)c1SCCO. The molecule has 3 rings (SSSR count). The summed E-state index contributed by atoms with van der Waals surface area (Å²) in [5, 5.41) is 30.5. The second-order valence-corrected chi connectivity index (χ2v) is 15.7. The molecule has 0 saturated carbocycles. The van der Waals surface area contributed by atoms with Gasteiger partial charge in [0.2, 0.25) is 11.8 Å². The first-order chi connectivity index (χ1) is 26.8. The third-order valence-electron chi connectivity index (χ3n) is 7.17. The molecule has 0 unspecified atom stereocenters. The number of thioether (sulfide) groups is 2. The summed E-state index contributed by atoms with van der Waals surface area (Å²) in [5.74, 6) is -1.38. The first kappa shape index (κ1) is 45.9. The smallest absolute Gasteiger partial charge is 0.274 e. The molecule has 0 bridgehead atoms. The average Bonchev–Trinajstić information content (AvgIpc) is 3.13. The van der Waals surface area contributed by atoms with Gasteiger partial charge in [-0.15, -0.1) is 23.5 Å². The molecule has 1 heterocycles. The van der Waals surface area contributed by atoms with Crippen molar-refractivity contribution in [2.45, 2.75) is 48.3 Å². The van der Waals surface area contributed by atoms with Crippen molar-refractivity contribution in [2.24, 2.45) is 32.9 Å². The number of aliphatic hydroxyl groups excluding tert-OH is 2. The minimum Gasteiger partial charge on any atom is -0.396 e. The molecule has 302 valence electrons. The van der Waals surface area contributed by atoms with E-state index in [1.54, 1.807) is 24.3 Å². The topological polar surface area (TPSA) is 311 Å². The number of rotatable bonds is 22. The van der Waals surface area contributed by atoms with Gasteiger partial charge in [0.25, 0.3) is 11.8 Å². The lowest BCUT2D eigenvalue weighted by Gasteiger charge is -2.17. The van der Waals surface area contributed by atoms with Crippen molar-refractivity contribution < 1.29 is 29.4 Å².